The fourth-order valence-corrected chi connectivity index (χ4v) is 3.77. The van der Waals surface area contributed by atoms with Gasteiger partial charge in [0.05, 0.1) is 6.04 Å². The molecule has 1 fully saturated rings. The molecular weight excluding hydrogens is 470 g/mol. The van der Waals surface area contributed by atoms with E-state index in [0.717, 1.165) is 12.1 Å². The van der Waals surface area contributed by atoms with Crippen LogP contribution in [0.1, 0.15) is 52.6 Å². The molecule has 0 aliphatic carbocycles. The lowest BCUT2D eigenvalue weighted by Gasteiger charge is -2.25. The van der Waals surface area contributed by atoms with Crippen LogP contribution >= 0.6 is 11.6 Å². The van der Waals surface area contributed by atoms with Crippen LogP contribution in [0.25, 0.3) is 0 Å². The summed E-state index contributed by atoms with van der Waals surface area (Å²) in [5.74, 6) is -1.30. The predicted octanol–water partition coefficient (Wildman–Crippen LogP) is 4.44. The van der Waals surface area contributed by atoms with Crippen molar-refractivity contribution >= 4 is 23.6 Å². The molecule has 1 aliphatic heterocycles. The molecule has 1 N–H and O–H groups in total. The smallest absolute Gasteiger partial charge is 0.407 e. The highest BCUT2D eigenvalue weighted by Crippen LogP contribution is 2.27. The van der Waals surface area contributed by atoms with Crippen LogP contribution in [0, 0.1) is 11.6 Å². The summed E-state index contributed by atoms with van der Waals surface area (Å²) in [7, 11) is 0. The van der Waals surface area contributed by atoms with Gasteiger partial charge in [-0.15, -0.1) is 0 Å². The third-order valence-corrected chi connectivity index (χ3v) is 5.42. The summed E-state index contributed by atoms with van der Waals surface area (Å²) in [4.78, 5) is 31.5. The normalized spacial score (nSPS) is 16.1. The minimum atomic E-state index is -0.775. The molecular formula is C23H29ClF2N4O4. The summed E-state index contributed by atoms with van der Waals surface area (Å²) in [6.07, 6.45) is 0.0994. The Hall–Kier alpha value is -2.88. The minimum absolute atomic E-state index is 0.0941. The minimum Gasteiger partial charge on any atom is -0.471 e. The number of rotatable bonds is 6. The number of alkyl carbamates (subject to hydrolysis) is 1. The number of ether oxygens (including phenoxy) is 2. The van der Waals surface area contributed by atoms with Crippen molar-refractivity contribution in [2.24, 2.45) is 0 Å². The second kappa shape index (κ2) is 10.2. The number of aromatic nitrogens is 2. The molecule has 34 heavy (non-hydrogen) atoms. The van der Waals surface area contributed by atoms with Crippen LogP contribution in [0.3, 0.4) is 0 Å². The van der Waals surface area contributed by atoms with Gasteiger partial charge in [0, 0.05) is 30.8 Å². The van der Waals surface area contributed by atoms with Crippen molar-refractivity contribution < 1.29 is 23.0 Å². The topological polar surface area (TPSA) is 85.7 Å². The highest BCUT2D eigenvalue weighted by molar-refractivity contribution is 6.31. The average Bonchev–Trinajstić information content (AvgIpc) is 3.16. The van der Waals surface area contributed by atoms with Crippen molar-refractivity contribution in [1.29, 1.82) is 0 Å². The van der Waals surface area contributed by atoms with Gasteiger partial charge in [0.2, 0.25) is 11.8 Å². The molecule has 1 atom stereocenters. The largest absolute Gasteiger partial charge is 0.471 e. The number of nitrogens with one attached hydrogen (secondary N) is 1. The molecule has 0 saturated carbocycles. The van der Waals surface area contributed by atoms with Crippen LogP contribution in [-0.2, 0) is 11.3 Å². The van der Waals surface area contributed by atoms with Crippen molar-refractivity contribution in [1.82, 2.24) is 14.9 Å². The van der Waals surface area contributed by atoms with Gasteiger partial charge < -0.3 is 19.7 Å². The van der Waals surface area contributed by atoms with Gasteiger partial charge in [-0.2, -0.15) is 4.98 Å². The SMILES string of the molecule is CC(C)n1c(N2CC[C@H](NC(=O)OC(C)(C)C)C2)nc(OCc2ccc(F)cc2F)c(Cl)c1=O. The first-order valence-electron chi connectivity index (χ1n) is 11.0. The highest BCUT2D eigenvalue weighted by Gasteiger charge is 2.30. The number of nitrogens with zero attached hydrogens (tertiary/aromatic N) is 3. The Kier molecular flexibility index (Phi) is 7.70. The fourth-order valence-electron chi connectivity index (χ4n) is 3.58. The summed E-state index contributed by atoms with van der Waals surface area (Å²) in [5.41, 5.74) is -1.02. The first kappa shape index (κ1) is 25.7. The van der Waals surface area contributed by atoms with Gasteiger partial charge in [-0.05, 0) is 53.2 Å². The zero-order valence-corrected chi connectivity index (χ0v) is 20.6. The molecule has 0 spiro atoms. The lowest BCUT2D eigenvalue weighted by Crippen LogP contribution is -2.41. The van der Waals surface area contributed by atoms with E-state index in [4.69, 9.17) is 21.1 Å². The van der Waals surface area contributed by atoms with Crippen molar-refractivity contribution in [2.75, 3.05) is 18.0 Å². The van der Waals surface area contributed by atoms with Crippen molar-refractivity contribution in [2.45, 2.75) is 65.3 Å². The fraction of sp³-hybridized carbons (Fsp3) is 0.522. The number of anilines is 1. The van der Waals surface area contributed by atoms with Crippen molar-refractivity contribution in [3.8, 4) is 5.88 Å². The maximum Gasteiger partial charge on any atom is 0.407 e. The van der Waals surface area contributed by atoms with Gasteiger partial charge in [-0.1, -0.05) is 11.6 Å². The number of carbonyl (C=O) groups excluding carboxylic acids is 1. The Morgan fingerprint density at radius 2 is 2.03 bits per heavy atom. The van der Waals surface area contributed by atoms with E-state index < -0.39 is 28.9 Å². The van der Waals surface area contributed by atoms with Gasteiger partial charge in [0.1, 0.15) is 23.8 Å². The quantitative estimate of drug-likeness (QED) is 0.634. The molecule has 3 rings (SSSR count). The zero-order chi connectivity index (χ0) is 25.2. The molecule has 0 radical (unpaired) electrons. The van der Waals surface area contributed by atoms with Crippen LogP contribution in [0.2, 0.25) is 5.02 Å². The summed E-state index contributed by atoms with van der Waals surface area (Å²) in [6, 6.07) is 2.65. The first-order valence-corrected chi connectivity index (χ1v) is 11.4. The van der Waals surface area contributed by atoms with Crippen molar-refractivity contribution in [3.05, 3.63) is 50.8 Å². The maximum absolute atomic E-state index is 14.0. The third kappa shape index (κ3) is 6.16. The lowest BCUT2D eigenvalue weighted by molar-refractivity contribution is 0.0509. The summed E-state index contributed by atoms with van der Waals surface area (Å²) >= 11 is 6.24. The van der Waals surface area contributed by atoms with E-state index in [1.54, 1.807) is 20.8 Å². The highest BCUT2D eigenvalue weighted by atomic mass is 35.5. The number of hydrogen-bond donors (Lipinski definition) is 1. The first-order chi connectivity index (χ1) is 15.9. The molecule has 1 aliphatic rings. The van der Waals surface area contributed by atoms with E-state index in [9.17, 15) is 18.4 Å². The summed E-state index contributed by atoms with van der Waals surface area (Å²) in [6.45, 7) is 9.63. The Balaban J connectivity index is 1.83. The van der Waals surface area contributed by atoms with Crippen LogP contribution in [0.5, 0.6) is 5.88 Å². The molecule has 2 heterocycles. The van der Waals surface area contributed by atoms with Crippen LogP contribution in [-0.4, -0.2) is 40.4 Å². The van der Waals surface area contributed by atoms with Gasteiger partial charge in [-0.3, -0.25) is 9.36 Å². The maximum atomic E-state index is 14.0. The molecule has 11 heteroatoms. The Morgan fingerprint density at radius 1 is 1.32 bits per heavy atom. The molecule has 1 saturated heterocycles. The second-order valence-electron chi connectivity index (χ2n) is 9.40. The zero-order valence-electron chi connectivity index (χ0n) is 19.8. The Morgan fingerprint density at radius 3 is 2.65 bits per heavy atom. The number of benzene rings is 1. The molecule has 2 aromatic rings. The molecule has 1 aromatic heterocycles. The Labute approximate surface area is 201 Å². The van der Waals surface area contributed by atoms with Crippen LogP contribution in [0.4, 0.5) is 19.5 Å². The van der Waals surface area contributed by atoms with E-state index in [0.29, 0.717) is 25.5 Å². The van der Waals surface area contributed by atoms with Crippen molar-refractivity contribution in [3.63, 3.8) is 0 Å². The summed E-state index contributed by atoms with van der Waals surface area (Å²) < 4.78 is 39.5. The van der Waals surface area contributed by atoms with Crippen LogP contribution < -0.4 is 20.5 Å². The average molecular weight is 499 g/mol. The third-order valence-electron chi connectivity index (χ3n) is 5.10. The lowest BCUT2D eigenvalue weighted by atomic mass is 10.2. The summed E-state index contributed by atoms with van der Waals surface area (Å²) in [5, 5.41) is 2.60. The standard InChI is InChI=1S/C23H29ClF2N4O4/c1-13(2)30-20(31)18(24)19(33-12-14-6-7-15(25)10-17(14)26)28-21(30)29-9-8-16(11-29)27-22(32)34-23(3,4)5/h6-7,10,13,16H,8-9,11-12H2,1-5H3,(H,27,32)/t16-/m0/s1. The van der Waals surface area contributed by atoms with E-state index in [1.807, 2.05) is 18.7 Å². The number of amides is 1. The van der Waals surface area contributed by atoms with E-state index in [-0.39, 0.29) is 35.2 Å². The van der Waals surface area contributed by atoms with Gasteiger partial charge >= 0.3 is 6.09 Å². The predicted molar refractivity (Wildman–Crippen MR) is 125 cm³/mol. The van der Waals surface area contributed by atoms with Crippen LogP contribution in [0.15, 0.2) is 23.0 Å². The van der Waals surface area contributed by atoms with E-state index in [1.165, 1.54) is 10.6 Å². The molecule has 186 valence electrons. The van der Waals surface area contributed by atoms with E-state index in [2.05, 4.69) is 10.3 Å². The monoisotopic (exact) mass is 498 g/mol. The number of hydrogen-bond acceptors (Lipinski definition) is 6. The number of halogens is 3. The second-order valence-corrected chi connectivity index (χ2v) is 9.78. The molecule has 1 amide bonds. The molecule has 0 bridgehead atoms. The molecule has 0 unspecified atom stereocenters. The van der Waals surface area contributed by atoms with Gasteiger partial charge in [-0.25, -0.2) is 13.6 Å². The molecule has 1 aromatic carbocycles. The van der Waals surface area contributed by atoms with Gasteiger partial charge in [0.15, 0.2) is 5.02 Å². The number of carbonyl (C=O) groups is 1. The van der Waals surface area contributed by atoms with E-state index >= 15 is 0 Å². The Bertz CT molecular complexity index is 1120. The van der Waals surface area contributed by atoms with Gasteiger partial charge in [0.25, 0.3) is 5.56 Å². The molecule has 8 nitrogen and oxygen atoms in total.